The minimum absolute atomic E-state index is 0.0360. The highest BCUT2D eigenvalue weighted by Gasteiger charge is 2.46. The van der Waals surface area contributed by atoms with Gasteiger partial charge in [-0.2, -0.15) is 0 Å². The highest BCUT2D eigenvalue weighted by atomic mass is 15.2. The van der Waals surface area contributed by atoms with E-state index in [-0.39, 0.29) is 5.41 Å². The largest absolute Gasteiger partial charge is 0.341 e. The number of fused-ring (bicyclic) bond motifs is 2. The van der Waals surface area contributed by atoms with Crippen LogP contribution in [-0.2, 0) is 12.0 Å². The average Bonchev–Trinajstić information content (AvgIpc) is 3.90. The Morgan fingerprint density at radius 2 is 1.67 bits per heavy atom. The van der Waals surface area contributed by atoms with E-state index >= 15 is 0 Å². The van der Waals surface area contributed by atoms with E-state index in [2.05, 4.69) is 113 Å². The van der Waals surface area contributed by atoms with Crippen LogP contribution in [0.3, 0.4) is 0 Å². The fourth-order valence-corrected chi connectivity index (χ4v) is 5.05. The molecule has 0 bridgehead atoms. The summed E-state index contributed by atoms with van der Waals surface area (Å²) in [6, 6.07) is 6.68. The van der Waals surface area contributed by atoms with Gasteiger partial charge in [-0.05, 0) is 97.9 Å². The predicted molar refractivity (Wildman–Crippen MR) is 191 cm³/mol. The van der Waals surface area contributed by atoms with Gasteiger partial charge in [0.2, 0.25) is 0 Å². The van der Waals surface area contributed by atoms with Crippen LogP contribution in [0.25, 0.3) is 0 Å². The van der Waals surface area contributed by atoms with Crippen LogP contribution in [0.5, 0.6) is 0 Å². The summed E-state index contributed by atoms with van der Waals surface area (Å²) in [6.07, 6.45) is 11.8. The number of amidine groups is 1. The molecular weight excluding hydrogens is 524 g/mol. The van der Waals surface area contributed by atoms with Gasteiger partial charge in [0.25, 0.3) is 0 Å². The molecule has 1 aliphatic heterocycles. The predicted octanol–water partition coefficient (Wildman–Crippen LogP) is 10.5. The van der Waals surface area contributed by atoms with Crippen LogP contribution in [-0.4, -0.2) is 24.3 Å². The topological polar surface area (TPSA) is 39.7 Å². The van der Waals surface area contributed by atoms with Crippen LogP contribution in [0.2, 0.25) is 0 Å². The number of benzene rings is 1. The minimum Gasteiger partial charge on any atom is -0.341 e. The summed E-state index contributed by atoms with van der Waals surface area (Å²) >= 11 is 0. The maximum atomic E-state index is 4.95. The lowest BCUT2D eigenvalue weighted by Crippen LogP contribution is -2.33. The van der Waals surface area contributed by atoms with Crippen molar-refractivity contribution in [2.75, 3.05) is 18.9 Å². The number of nitrogens with zero attached hydrogens (tertiary/aromatic N) is 2. The number of allylic oxidation sites excluding steroid dienone is 6. The summed E-state index contributed by atoms with van der Waals surface area (Å²) in [4.78, 5) is 7.04. The third kappa shape index (κ3) is 10.2. The molecule has 43 heavy (non-hydrogen) atoms. The van der Waals surface area contributed by atoms with E-state index in [4.69, 9.17) is 4.99 Å². The lowest BCUT2D eigenvalue weighted by molar-refractivity contribution is 0.512. The quantitative estimate of drug-likeness (QED) is 0.181. The Labute approximate surface area is 264 Å². The van der Waals surface area contributed by atoms with Gasteiger partial charge in [-0.25, -0.2) is 4.99 Å². The first-order valence-electron chi connectivity index (χ1n) is 16.2. The Bertz CT molecular complexity index is 1290. The van der Waals surface area contributed by atoms with Gasteiger partial charge >= 0.3 is 0 Å². The molecule has 2 aliphatic carbocycles. The second-order valence-electron chi connectivity index (χ2n) is 13.4. The summed E-state index contributed by atoms with van der Waals surface area (Å²) in [7, 11) is 2.03. The van der Waals surface area contributed by atoms with Crippen molar-refractivity contribution in [2.45, 2.75) is 107 Å². The summed E-state index contributed by atoms with van der Waals surface area (Å²) < 4.78 is 0. The number of rotatable bonds is 8. The molecule has 2 N–H and O–H groups in total. The molecule has 4 rings (SSSR count). The summed E-state index contributed by atoms with van der Waals surface area (Å²) in [5.41, 5.74) is 9.60. The fourth-order valence-electron chi connectivity index (χ4n) is 5.05. The van der Waals surface area contributed by atoms with Gasteiger partial charge in [-0.1, -0.05) is 92.3 Å². The monoisotopic (exact) mass is 584 g/mol. The number of aliphatic imine (C=N–C) groups is 1. The maximum Gasteiger partial charge on any atom is 0.142 e. The van der Waals surface area contributed by atoms with Crippen molar-refractivity contribution in [3.8, 4) is 0 Å². The molecule has 236 valence electrons. The van der Waals surface area contributed by atoms with Crippen molar-refractivity contribution in [3.63, 3.8) is 0 Å². The molecule has 0 saturated heterocycles. The fraction of sp³-hybridized carbons (Fsp3) is 0.513. The van der Waals surface area contributed by atoms with Crippen LogP contribution in [0, 0.1) is 11.3 Å². The van der Waals surface area contributed by atoms with Crippen LogP contribution in [0.4, 0.5) is 5.69 Å². The van der Waals surface area contributed by atoms with Crippen LogP contribution in [0.15, 0.2) is 95.0 Å². The zero-order valence-electron chi connectivity index (χ0n) is 29.3. The Kier molecular flexibility index (Phi) is 13.1. The average molecular weight is 585 g/mol. The zero-order valence-corrected chi connectivity index (χ0v) is 29.3. The van der Waals surface area contributed by atoms with Crippen LogP contribution >= 0.6 is 0 Å². The number of hydrogen-bond donors (Lipinski definition) is 2. The Balaban J connectivity index is 0.000000972. The van der Waals surface area contributed by atoms with Crippen LogP contribution < -0.4 is 10.6 Å². The molecule has 2 saturated carbocycles. The summed E-state index contributed by atoms with van der Waals surface area (Å²) in [6.45, 7) is 35.8. The third-order valence-electron chi connectivity index (χ3n) is 8.50. The van der Waals surface area contributed by atoms with Crippen LogP contribution in [0.1, 0.15) is 106 Å². The van der Waals surface area contributed by atoms with E-state index in [0.717, 1.165) is 52.9 Å². The maximum absolute atomic E-state index is 4.95. The second-order valence-corrected chi connectivity index (χ2v) is 13.4. The molecule has 2 fully saturated rings. The highest BCUT2D eigenvalue weighted by Crippen LogP contribution is 2.50. The van der Waals surface area contributed by atoms with E-state index in [1.165, 1.54) is 42.4 Å². The van der Waals surface area contributed by atoms with Crippen molar-refractivity contribution in [2.24, 2.45) is 16.3 Å². The molecule has 4 heteroatoms. The molecule has 0 radical (unpaired) electrons. The minimum atomic E-state index is 0.0360. The Morgan fingerprint density at radius 3 is 2.16 bits per heavy atom. The van der Waals surface area contributed by atoms with E-state index < -0.39 is 0 Å². The Hall–Kier alpha value is -3.11. The van der Waals surface area contributed by atoms with E-state index in [9.17, 15) is 0 Å². The van der Waals surface area contributed by atoms with Gasteiger partial charge in [0.1, 0.15) is 11.7 Å². The van der Waals surface area contributed by atoms with Gasteiger partial charge in [0.05, 0.1) is 0 Å². The van der Waals surface area contributed by atoms with Gasteiger partial charge in [-0.3, -0.25) is 0 Å². The highest BCUT2D eigenvalue weighted by molar-refractivity contribution is 6.03. The normalized spacial score (nSPS) is 17.9. The molecule has 0 atom stereocenters. The first-order valence-corrected chi connectivity index (χ1v) is 16.2. The number of anilines is 1. The second kappa shape index (κ2) is 15.6. The van der Waals surface area contributed by atoms with E-state index in [1.54, 1.807) is 0 Å². The molecular formula is C39H60N4. The van der Waals surface area contributed by atoms with Crippen molar-refractivity contribution < 1.29 is 0 Å². The van der Waals surface area contributed by atoms with Crippen molar-refractivity contribution in [1.82, 2.24) is 10.2 Å². The lowest BCUT2D eigenvalue weighted by atomic mass is 9.83. The van der Waals surface area contributed by atoms with Gasteiger partial charge in [0.15, 0.2) is 0 Å². The summed E-state index contributed by atoms with van der Waals surface area (Å²) in [5, 5.41) is 7.01. The summed E-state index contributed by atoms with van der Waals surface area (Å²) in [5.74, 6) is 2.48. The lowest BCUT2D eigenvalue weighted by Gasteiger charge is -2.27. The van der Waals surface area contributed by atoms with Gasteiger partial charge in [0, 0.05) is 42.5 Å². The zero-order chi connectivity index (χ0) is 32.5. The van der Waals surface area contributed by atoms with E-state index in [0.29, 0.717) is 11.2 Å². The van der Waals surface area contributed by atoms with Crippen molar-refractivity contribution in [1.29, 1.82) is 0 Å². The number of hydrogen-bond acceptors (Lipinski definition) is 3. The standard InChI is InChI=1S/C33H46N4.C4H8.C2H6/c1-12-29(22(2)3)31(37(11)24(5)14-13-23(4)25(6)32(8,9)10)36-26(7)35-28-15-16-30-27(19-28)20-34-21-33(30)17-18-33;1-4-2-3-4;1-2/h12-16,19,34-35H,2,6-7,17-18,20-21H2,1,3-5,8-11H3;4H,2-3H2,1H3;1-2H3/b23-13-,24-14+,29-12-,36-31+;;. The SMILES string of the molecule is C=C(/N=C(\C(=C/C)C(=C)C)N(C)/C(C)=C/C=C(/C)C(=C)C(C)(C)C)Nc1ccc2c(c1)CNCC21CC1.CC.CC1CC1. The van der Waals surface area contributed by atoms with Crippen molar-refractivity contribution in [3.05, 3.63) is 101 Å². The molecule has 4 nitrogen and oxygen atoms in total. The molecule has 0 amide bonds. The smallest absolute Gasteiger partial charge is 0.142 e. The first-order chi connectivity index (χ1) is 20.2. The molecule has 0 aromatic heterocycles. The third-order valence-corrected chi connectivity index (χ3v) is 8.50. The Morgan fingerprint density at radius 1 is 1.07 bits per heavy atom. The van der Waals surface area contributed by atoms with Crippen molar-refractivity contribution >= 4 is 11.5 Å². The van der Waals surface area contributed by atoms with E-state index in [1.807, 2.05) is 34.7 Å². The molecule has 0 unspecified atom stereocenters. The molecule has 1 aromatic rings. The molecule has 1 spiro atoms. The number of nitrogens with one attached hydrogen (secondary N) is 2. The van der Waals surface area contributed by atoms with Gasteiger partial charge in [-0.15, -0.1) is 0 Å². The molecule has 1 aromatic carbocycles. The van der Waals surface area contributed by atoms with Gasteiger partial charge < -0.3 is 15.5 Å². The first kappa shape index (κ1) is 36.1. The molecule has 1 heterocycles. The molecule has 3 aliphatic rings. The number of likely N-dealkylation sites (N-methyl/N-ethyl adjacent to an activating group) is 1.